The topological polar surface area (TPSA) is 66.9 Å². The number of amides is 1. The van der Waals surface area contributed by atoms with Gasteiger partial charge < -0.3 is 10.6 Å². The van der Waals surface area contributed by atoms with E-state index in [9.17, 15) is 4.79 Å². The van der Waals surface area contributed by atoms with Crippen LogP contribution in [0, 0.1) is 13.8 Å². The summed E-state index contributed by atoms with van der Waals surface area (Å²) in [5, 5.41) is 6.35. The summed E-state index contributed by atoms with van der Waals surface area (Å²) >= 11 is 0. The minimum absolute atomic E-state index is 0.106. The van der Waals surface area contributed by atoms with E-state index in [0.717, 1.165) is 12.8 Å². The Bertz CT molecular complexity index is 706. The molecule has 5 heteroatoms. The highest BCUT2D eigenvalue weighted by molar-refractivity contribution is 5.93. The Labute approximate surface area is 142 Å². The first-order valence-corrected chi connectivity index (χ1v) is 8.56. The van der Waals surface area contributed by atoms with Crippen molar-refractivity contribution in [1.82, 2.24) is 15.3 Å². The number of hydrogen-bond acceptors (Lipinski definition) is 4. The van der Waals surface area contributed by atoms with Crippen LogP contribution in [0.2, 0.25) is 0 Å². The zero-order chi connectivity index (χ0) is 16.9. The molecule has 1 aliphatic carbocycles. The van der Waals surface area contributed by atoms with E-state index >= 15 is 0 Å². The van der Waals surface area contributed by atoms with Gasteiger partial charge in [-0.15, -0.1) is 0 Å². The van der Waals surface area contributed by atoms with Crippen LogP contribution < -0.4 is 10.6 Å². The third-order valence-corrected chi connectivity index (χ3v) is 4.36. The highest BCUT2D eigenvalue weighted by Gasteiger charge is 2.19. The first kappa shape index (κ1) is 16.4. The van der Waals surface area contributed by atoms with E-state index in [2.05, 4.69) is 51.8 Å². The fourth-order valence-electron chi connectivity index (χ4n) is 3.00. The van der Waals surface area contributed by atoms with Gasteiger partial charge in [0.15, 0.2) is 0 Å². The SMILES string of the molecule is Cc1ccc(CNc2cc(C(=O)NC3CCCC3)nc(C)n2)cc1. The molecule has 1 fully saturated rings. The summed E-state index contributed by atoms with van der Waals surface area (Å²) in [5.74, 6) is 1.17. The average Bonchev–Trinajstić information content (AvgIpc) is 3.07. The summed E-state index contributed by atoms with van der Waals surface area (Å²) in [6, 6.07) is 10.4. The van der Waals surface area contributed by atoms with Crippen molar-refractivity contribution in [1.29, 1.82) is 0 Å². The first-order chi connectivity index (χ1) is 11.6. The van der Waals surface area contributed by atoms with E-state index in [1.165, 1.54) is 24.0 Å². The van der Waals surface area contributed by atoms with Crippen molar-refractivity contribution in [3.8, 4) is 0 Å². The number of carbonyl (C=O) groups excluding carboxylic acids is 1. The van der Waals surface area contributed by atoms with Gasteiger partial charge in [0, 0.05) is 18.7 Å². The van der Waals surface area contributed by atoms with Gasteiger partial charge in [0.2, 0.25) is 0 Å². The molecule has 0 radical (unpaired) electrons. The van der Waals surface area contributed by atoms with Gasteiger partial charge in [0.05, 0.1) is 0 Å². The van der Waals surface area contributed by atoms with Gasteiger partial charge >= 0.3 is 0 Å². The lowest BCUT2D eigenvalue weighted by Crippen LogP contribution is -2.33. The zero-order valence-electron chi connectivity index (χ0n) is 14.3. The quantitative estimate of drug-likeness (QED) is 0.885. The maximum atomic E-state index is 12.4. The molecule has 1 aromatic heterocycles. The number of benzene rings is 1. The average molecular weight is 324 g/mol. The van der Waals surface area contributed by atoms with E-state index < -0.39 is 0 Å². The maximum Gasteiger partial charge on any atom is 0.270 e. The third kappa shape index (κ3) is 4.31. The molecule has 3 rings (SSSR count). The standard InChI is InChI=1S/C19H24N4O/c1-13-7-9-15(10-8-13)12-20-18-11-17(21-14(2)22-18)19(24)23-16-5-3-4-6-16/h7-11,16H,3-6,12H2,1-2H3,(H,23,24)(H,20,21,22). The van der Waals surface area contributed by atoms with Crippen molar-refractivity contribution in [2.45, 2.75) is 52.1 Å². The molecule has 0 unspecified atom stereocenters. The molecule has 1 aliphatic rings. The van der Waals surface area contributed by atoms with Gasteiger partial charge in [-0.2, -0.15) is 0 Å². The lowest BCUT2D eigenvalue weighted by atomic mass is 10.1. The molecule has 0 aliphatic heterocycles. The lowest BCUT2D eigenvalue weighted by Gasteiger charge is -2.13. The molecule has 126 valence electrons. The summed E-state index contributed by atoms with van der Waals surface area (Å²) in [6.45, 7) is 4.55. The van der Waals surface area contributed by atoms with Gasteiger partial charge in [-0.05, 0) is 32.3 Å². The van der Waals surface area contributed by atoms with Crippen LogP contribution in [0.15, 0.2) is 30.3 Å². The van der Waals surface area contributed by atoms with Crippen LogP contribution in [-0.2, 0) is 6.54 Å². The molecular formula is C19H24N4O. The second-order valence-electron chi connectivity index (χ2n) is 6.48. The second kappa shape index (κ2) is 7.43. The summed E-state index contributed by atoms with van der Waals surface area (Å²) < 4.78 is 0. The fraction of sp³-hybridized carbons (Fsp3) is 0.421. The molecule has 2 aromatic rings. The van der Waals surface area contributed by atoms with Crippen LogP contribution in [0.5, 0.6) is 0 Å². The van der Waals surface area contributed by atoms with Crippen molar-refractivity contribution in [3.63, 3.8) is 0 Å². The number of aryl methyl sites for hydroxylation is 2. The fourth-order valence-corrected chi connectivity index (χ4v) is 3.00. The third-order valence-electron chi connectivity index (χ3n) is 4.36. The molecule has 1 aromatic carbocycles. The Kier molecular flexibility index (Phi) is 5.08. The number of carbonyl (C=O) groups is 1. The van der Waals surface area contributed by atoms with Crippen LogP contribution in [0.1, 0.15) is 53.1 Å². The second-order valence-corrected chi connectivity index (χ2v) is 6.48. The monoisotopic (exact) mass is 324 g/mol. The number of aromatic nitrogens is 2. The highest BCUT2D eigenvalue weighted by atomic mass is 16.1. The van der Waals surface area contributed by atoms with E-state index in [0.29, 0.717) is 23.9 Å². The molecule has 1 heterocycles. The van der Waals surface area contributed by atoms with Crippen LogP contribution in [0.4, 0.5) is 5.82 Å². The largest absolute Gasteiger partial charge is 0.366 e. The minimum atomic E-state index is -0.106. The van der Waals surface area contributed by atoms with Gasteiger partial charge in [-0.25, -0.2) is 9.97 Å². The van der Waals surface area contributed by atoms with Gasteiger partial charge in [0.25, 0.3) is 5.91 Å². The van der Waals surface area contributed by atoms with Crippen molar-refractivity contribution < 1.29 is 4.79 Å². The molecule has 2 N–H and O–H groups in total. The number of hydrogen-bond donors (Lipinski definition) is 2. The van der Waals surface area contributed by atoms with E-state index in [1.807, 2.05) is 6.92 Å². The molecule has 1 saturated carbocycles. The summed E-state index contributed by atoms with van der Waals surface area (Å²) in [5.41, 5.74) is 2.84. The molecule has 0 saturated heterocycles. The van der Waals surface area contributed by atoms with Crippen LogP contribution in [0.3, 0.4) is 0 Å². The van der Waals surface area contributed by atoms with Crippen molar-refractivity contribution >= 4 is 11.7 Å². The predicted molar refractivity (Wildman–Crippen MR) is 95.0 cm³/mol. The predicted octanol–water partition coefficient (Wildman–Crippen LogP) is 3.38. The Balaban J connectivity index is 1.66. The Morgan fingerprint density at radius 3 is 2.54 bits per heavy atom. The van der Waals surface area contributed by atoms with Crippen molar-refractivity contribution in [2.75, 3.05) is 5.32 Å². The summed E-state index contributed by atoms with van der Waals surface area (Å²) in [4.78, 5) is 21.0. The molecule has 0 atom stereocenters. The van der Waals surface area contributed by atoms with Gasteiger partial charge in [-0.1, -0.05) is 42.7 Å². The molecule has 5 nitrogen and oxygen atoms in total. The molecule has 0 bridgehead atoms. The van der Waals surface area contributed by atoms with Crippen LogP contribution in [-0.4, -0.2) is 21.9 Å². The number of anilines is 1. The smallest absolute Gasteiger partial charge is 0.270 e. The molecule has 1 amide bonds. The van der Waals surface area contributed by atoms with Crippen molar-refractivity contribution in [3.05, 3.63) is 53.0 Å². The zero-order valence-corrected chi connectivity index (χ0v) is 14.3. The van der Waals surface area contributed by atoms with E-state index in [4.69, 9.17) is 0 Å². The number of nitrogens with zero attached hydrogens (tertiary/aromatic N) is 2. The van der Waals surface area contributed by atoms with Crippen molar-refractivity contribution in [2.24, 2.45) is 0 Å². The first-order valence-electron chi connectivity index (χ1n) is 8.56. The molecule has 0 spiro atoms. The number of nitrogens with one attached hydrogen (secondary N) is 2. The van der Waals surface area contributed by atoms with E-state index in [1.54, 1.807) is 6.07 Å². The summed E-state index contributed by atoms with van der Waals surface area (Å²) in [7, 11) is 0. The van der Waals surface area contributed by atoms with Gasteiger partial charge in [0.1, 0.15) is 17.3 Å². The Hall–Kier alpha value is -2.43. The number of rotatable bonds is 5. The van der Waals surface area contributed by atoms with Crippen LogP contribution >= 0.6 is 0 Å². The maximum absolute atomic E-state index is 12.4. The van der Waals surface area contributed by atoms with E-state index in [-0.39, 0.29) is 11.9 Å². The Morgan fingerprint density at radius 2 is 1.83 bits per heavy atom. The summed E-state index contributed by atoms with van der Waals surface area (Å²) in [6.07, 6.45) is 4.51. The highest BCUT2D eigenvalue weighted by Crippen LogP contribution is 2.18. The molecule has 24 heavy (non-hydrogen) atoms. The normalized spacial score (nSPS) is 14.6. The molecular weight excluding hydrogens is 300 g/mol. The Morgan fingerprint density at radius 1 is 1.12 bits per heavy atom. The minimum Gasteiger partial charge on any atom is -0.366 e. The lowest BCUT2D eigenvalue weighted by molar-refractivity contribution is 0.0932. The van der Waals surface area contributed by atoms with Crippen LogP contribution in [0.25, 0.3) is 0 Å². The van der Waals surface area contributed by atoms with Gasteiger partial charge in [-0.3, -0.25) is 4.79 Å².